The first-order valence-electron chi connectivity index (χ1n) is 21.0. The number of likely N-dealkylation sites (tertiary alicyclic amines) is 1. The SMILES string of the molecule is Cc1ncsc1-c1ccc(CNC(=O)[C@@H]2C[C@@H](O)CN2C(=O)[C@@H](c2cc(C3CCN(N[C@@H]4CCc5[nH]c6nnc(-c7ccccc7O)cc6c5C4)CC3)no2)C(C)C)cc1. The normalized spacial score (nSPS) is 20.5. The maximum atomic E-state index is 14.3. The molecule has 9 rings (SSSR count). The number of rotatable bonds is 11. The highest BCUT2D eigenvalue weighted by atomic mass is 32.1. The predicted molar refractivity (Wildman–Crippen MR) is 228 cm³/mol. The molecular weight excluding hydrogens is 779 g/mol. The number of β-amino-alcohol motifs (C(OH)–C–C–N with tert-alkyl or cyclic N) is 1. The number of carbonyl (C=O) groups is 2. The second-order valence-electron chi connectivity index (χ2n) is 16.9. The monoisotopic (exact) mass is 829 g/mol. The molecule has 60 heavy (non-hydrogen) atoms. The number of para-hydroxylation sites is 1. The van der Waals surface area contributed by atoms with Crippen molar-refractivity contribution in [3.63, 3.8) is 0 Å². The minimum Gasteiger partial charge on any atom is -0.507 e. The van der Waals surface area contributed by atoms with Crippen molar-refractivity contribution in [1.29, 1.82) is 0 Å². The number of aliphatic hydroxyl groups is 1. The van der Waals surface area contributed by atoms with E-state index in [0.717, 1.165) is 83.6 Å². The van der Waals surface area contributed by atoms with Gasteiger partial charge in [0, 0.05) is 67.3 Å². The van der Waals surface area contributed by atoms with Crippen LogP contribution in [0.2, 0.25) is 0 Å². The molecule has 312 valence electrons. The number of aromatic amines is 1. The lowest BCUT2D eigenvalue weighted by Gasteiger charge is -2.35. The van der Waals surface area contributed by atoms with Crippen LogP contribution in [0.25, 0.3) is 32.7 Å². The molecule has 0 radical (unpaired) electrons. The van der Waals surface area contributed by atoms with Crippen molar-refractivity contribution in [2.24, 2.45) is 5.92 Å². The number of thiazole rings is 1. The van der Waals surface area contributed by atoms with Crippen LogP contribution in [0, 0.1) is 12.8 Å². The number of carbonyl (C=O) groups excluding carboxylic acids is 2. The van der Waals surface area contributed by atoms with Crippen molar-refractivity contribution in [2.75, 3.05) is 19.6 Å². The predicted octanol–water partition coefficient (Wildman–Crippen LogP) is 6.01. The lowest BCUT2D eigenvalue weighted by atomic mass is 9.89. The van der Waals surface area contributed by atoms with Crippen LogP contribution in [-0.2, 0) is 29.0 Å². The van der Waals surface area contributed by atoms with Gasteiger partial charge in [0.15, 0.2) is 5.65 Å². The van der Waals surface area contributed by atoms with Crippen LogP contribution >= 0.6 is 11.3 Å². The van der Waals surface area contributed by atoms with E-state index in [9.17, 15) is 19.8 Å². The van der Waals surface area contributed by atoms with Gasteiger partial charge in [0.1, 0.15) is 23.5 Å². The fourth-order valence-corrected chi connectivity index (χ4v) is 10.0. The Bertz CT molecular complexity index is 2490. The summed E-state index contributed by atoms with van der Waals surface area (Å²) in [6.07, 6.45) is 3.93. The van der Waals surface area contributed by atoms with E-state index in [2.05, 4.69) is 41.1 Å². The number of fused-ring (bicyclic) bond motifs is 3. The first-order chi connectivity index (χ1) is 29.1. The summed E-state index contributed by atoms with van der Waals surface area (Å²) in [4.78, 5) is 38.3. The second kappa shape index (κ2) is 16.9. The van der Waals surface area contributed by atoms with E-state index in [0.29, 0.717) is 23.6 Å². The Hall–Kier alpha value is -5.48. The van der Waals surface area contributed by atoms with Crippen LogP contribution in [0.15, 0.2) is 70.7 Å². The Morgan fingerprint density at radius 1 is 1.05 bits per heavy atom. The van der Waals surface area contributed by atoms with E-state index in [1.54, 1.807) is 23.5 Å². The van der Waals surface area contributed by atoms with Gasteiger partial charge in [-0.1, -0.05) is 55.4 Å². The van der Waals surface area contributed by atoms with Gasteiger partial charge in [-0.2, -0.15) is 0 Å². The summed E-state index contributed by atoms with van der Waals surface area (Å²) in [7, 11) is 0. The number of aryl methyl sites for hydroxylation is 2. The summed E-state index contributed by atoms with van der Waals surface area (Å²) in [6, 6.07) is 18.7. The topological polar surface area (TPSA) is 186 Å². The average molecular weight is 830 g/mol. The van der Waals surface area contributed by atoms with Crippen molar-refractivity contribution in [2.45, 2.75) is 95.9 Å². The summed E-state index contributed by atoms with van der Waals surface area (Å²) < 4.78 is 5.93. The molecule has 4 atom stereocenters. The van der Waals surface area contributed by atoms with Crippen LogP contribution in [0.3, 0.4) is 0 Å². The summed E-state index contributed by atoms with van der Waals surface area (Å²) in [6.45, 7) is 8.02. The van der Waals surface area contributed by atoms with E-state index in [1.165, 1.54) is 16.2 Å². The highest BCUT2D eigenvalue weighted by Gasteiger charge is 2.43. The Morgan fingerprint density at radius 3 is 2.60 bits per heavy atom. The van der Waals surface area contributed by atoms with Gasteiger partial charge in [-0.25, -0.2) is 9.99 Å². The molecule has 1 aliphatic carbocycles. The number of phenolic OH excluding ortho intramolecular Hbond substituents is 1. The number of piperidine rings is 1. The smallest absolute Gasteiger partial charge is 0.243 e. The molecule has 2 saturated heterocycles. The van der Waals surface area contributed by atoms with Crippen LogP contribution in [0.4, 0.5) is 0 Å². The lowest BCUT2D eigenvalue weighted by molar-refractivity contribution is -0.141. The molecule has 15 heteroatoms. The Morgan fingerprint density at radius 2 is 1.85 bits per heavy atom. The third-order valence-corrected chi connectivity index (χ3v) is 13.5. The third kappa shape index (κ3) is 8.06. The zero-order chi connectivity index (χ0) is 41.5. The molecule has 3 aliphatic rings. The number of hydrogen-bond donors (Lipinski definition) is 5. The molecule has 2 aliphatic heterocycles. The average Bonchev–Trinajstić information content (AvgIpc) is 4.07. The summed E-state index contributed by atoms with van der Waals surface area (Å²) in [5.41, 5.74) is 14.0. The van der Waals surface area contributed by atoms with Gasteiger partial charge in [-0.3, -0.25) is 15.0 Å². The maximum Gasteiger partial charge on any atom is 0.243 e. The first-order valence-corrected chi connectivity index (χ1v) is 21.9. The molecule has 6 heterocycles. The number of nitrogens with one attached hydrogen (secondary N) is 3. The maximum absolute atomic E-state index is 14.3. The number of H-pyrrole nitrogens is 1. The zero-order valence-electron chi connectivity index (χ0n) is 34.1. The standard InChI is InChI=1S/C45H51N9O5S/c1-25(2)41(45(58)54-23-31(55)19-38(54)44(57)46-22-27-8-10-29(11-9-27)42-26(3)47-24-60-42)40-21-36(52-59-40)28-14-16-53(17-15-28)51-30-12-13-35-33(18-30)34-20-37(49-50-43(34)48-35)32-6-4-5-7-39(32)56/h4-11,20-21,24-25,28,30-31,38,41,51,55-56H,12-19,22-23H2,1-3H3,(H,46,57)(H,48,50)/t30-,31-,38+,41-/m1/s1. The highest BCUT2D eigenvalue weighted by molar-refractivity contribution is 7.13. The number of nitrogens with zero attached hydrogens (tertiary/aromatic N) is 6. The molecular formula is C45H51N9O5S. The van der Waals surface area contributed by atoms with Crippen LogP contribution < -0.4 is 10.7 Å². The summed E-state index contributed by atoms with van der Waals surface area (Å²) >= 11 is 1.60. The second-order valence-corrected chi connectivity index (χ2v) is 17.7. The van der Waals surface area contributed by atoms with Crippen LogP contribution in [0.1, 0.15) is 85.3 Å². The van der Waals surface area contributed by atoms with Gasteiger partial charge < -0.3 is 29.9 Å². The molecule has 6 aromatic rings. The fourth-order valence-electron chi connectivity index (χ4n) is 9.23. The first kappa shape index (κ1) is 40.0. The molecule has 14 nitrogen and oxygen atoms in total. The van der Waals surface area contributed by atoms with Crippen LogP contribution in [-0.4, -0.2) is 95.1 Å². The van der Waals surface area contributed by atoms with E-state index in [4.69, 9.17) is 4.52 Å². The highest BCUT2D eigenvalue weighted by Crippen LogP contribution is 2.36. The van der Waals surface area contributed by atoms with Crippen LogP contribution in [0.5, 0.6) is 5.75 Å². The number of aliphatic hydroxyl groups excluding tert-OH is 1. The number of hydrazine groups is 1. The Labute approximate surface area is 352 Å². The summed E-state index contributed by atoms with van der Waals surface area (Å²) in [5, 5.41) is 40.8. The molecule has 5 N–H and O–H groups in total. The molecule has 2 aromatic carbocycles. The van der Waals surface area contributed by atoms with Gasteiger partial charge in [-0.15, -0.1) is 21.5 Å². The quantitative estimate of drug-likeness (QED) is 0.103. The minimum atomic E-state index is -0.793. The molecule has 2 amide bonds. The van der Waals surface area contributed by atoms with Crippen molar-refractivity contribution in [1.82, 2.24) is 46.0 Å². The van der Waals surface area contributed by atoms with Gasteiger partial charge in [-0.05, 0) is 79.8 Å². The van der Waals surface area contributed by atoms with Gasteiger partial charge in [0.25, 0.3) is 0 Å². The number of aromatic nitrogens is 5. The van der Waals surface area contributed by atoms with E-state index in [-0.39, 0.29) is 48.4 Å². The van der Waals surface area contributed by atoms with Gasteiger partial charge >= 0.3 is 0 Å². The molecule has 0 unspecified atom stereocenters. The number of benzene rings is 2. The lowest BCUT2D eigenvalue weighted by Crippen LogP contribution is -2.50. The molecule has 4 aromatic heterocycles. The summed E-state index contributed by atoms with van der Waals surface area (Å²) in [5.74, 6) is -0.417. The van der Waals surface area contributed by atoms with Crippen molar-refractivity contribution in [3.8, 4) is 27.4 Å². The minimum absolute atomic E-state index is 0.0888. The van der Waals surface area contributed by atoms with Crippen molar-refractivity contribution in [3.05, 3.63) is 100 Å². The van der Waals surface area contributed by atoms with E-state index in [1.807, 2.05) is 74.8 Å². The van der Waals surface area contributed by atoms with E-state index >= 15 is 0 Å². The fraction of sp³-hybridized carbons (Fsp3) is 0.422. The van der Waals surface area contributed by atoms with Gasteiger partial charge in [0.2, 0.25) is 11.8 Å². The largest absolute Gasteiger partial charge is 0.507 e. The van der Waals surface area contributed by atoms with E-state index < -0.39 is 18.1 Å². The Balaban J connectivity index is 0.801. The molecule has 0 bridgehead atoms. The zero-order valence-corrected chi connectivity index (χ0v) is 34.9. The number of aromatic hydroxyl groups is 1. The molecule has 0 saturated carbocycles. The number of phenols is 1. The number of hydrogen-bond acceptors (Lipinski definition) is 12. The third-order valence-electron chi connectivity index (χ3n) is 12.5. The molecule has 2 fully saturated rings. The van der Waals surface area contributed by atoms with Crippen molar-refractivity contribution >= 4 is 34.2 Å². The number of amides is 2. The Kier molecular flexibility index (Phi) is 11.2. The van der Waals surface area contributed by atoms with Gasteiger partial charge in [0.05, 0.1) is 33.6 Å². The van der Waals surface area contributed by atoms with Crippen molar-refractivity contribution < 1.29 is 24.3 Å². The molecule has 0 spiro atoms.